The number of fused-ring (bicyclic) bond motifs is 1. The highest BCUT2D eigenvalue weighted by molar-refractivity contribution is 5.47. The summed E-state index contributed by atoms with van der Waals surface area (Å²) in [6.07, 6.45) is 4.43. The standard InChI is InChI=1S/C14H21N5/c1-10(2)18-7-4-6-12(18)14-17-16-13-11(9-15)5-3-8-19(13)14/h3,5,8,10,12H,4,6-7,9,15H2,1-2H3. The molecule has 0 aromatic carbocycles. The van der Waals surface area contributed by atoms with E-state index in [1.165, 1.54) is 6.42 Å². The molecule has 2 aromatic rings. The van der Waals surface area contributed by atoms with Crippen LogP contribution in [0.25, 0.3) is 5.65 Å². The molecule has 1 atom stereocenters. The molecule has 5 heteroatoms. The van der Waals surface area contributed by atoms with Crippen molar-refractivity contribution in [3.8, 4) is 0 Å². The zero-order valence-corrected chi connectivity index (χ0v) is 11.6. The first kappa shape index (κ1) is 12.6. The van der Waals surface area contributed by atoms with E-state index in [-0.39, 0.29) is 0 Å². The maximum Gasteiger partial charge on any atom is 0.165 e. The summed E-state index contributed by atoms with van der Waals surface area (Å²) in [5.74, 6) is 1.05. The quantitative estimate of drug-likeness (QED) is 0.912. The fourth-order valence-corrected chi connectivity index (χ4v) is 3.06. The Bertz CT molecular complexity index is 574. The molecular weight excluding hydrogens is 238 g/mol. The van der Waals surface area contributed by atoms with Gasteiger partial charge in [-0.05, 0) is 39.3 Å². The summed E-state index contributed by atoms with van der Waals surface area (Å²) >= 11 is 0. The van der Waals surface area contributed by atoms with Gasteiger partial charge in [-0.2, -0.15) is 0 Å². The first-order valence-corrected chi connectivity index (χ1v) is 7.00. The SMILES string of the molecule is CC(C)N1CCCC1c1nnc2c(CN)cccn12. The van der Waals surface area contributed by atoms with E-state index in [4.69, 9.17) is 5.73 Å². The Morgan fingerprint density at radius 2 is 2.26 bits per heavy atom. The average molecular weight is 259 g/mol. The number of rotatable bonds is 3. The van der Waals surface area contributed by atoms with Crippen molar-refractivity contribution in [1.29, 1.82) is 0 Å². The number of hydrogen-bond acceptors (Lipinski definition) is 4. The first-order chi connectivity index (χ1) is 9.22. The minimum Gasteiger partial charge on any atom is -0.326 e. The second kappa shape index (κ2) is 4.90. The van der Waals surface area contributed by atoms with Crippen LogP contribution < -0.4 is 5.73 Å². The predicted molar refractivity (Wildman–Crippen MR) is 74.7 cm³/mol. The largest absolute Gasteiger partial charge is 0.326 e. The Labute approximate surface area is 113 Å². The van der Waals surface area contributed by atoms with Crippen molar-refractivity contribution in [2.45, 2.75) is 45.3 Å². The van der Waals surface area contributed by atoms with E-state index in [1.54, 1.807) is 0 Å². The molecule has 0 bridgehead atoms. The lowest BCUT2D eigenvalue weighted by Crippen LogP contribution is -2.31. The molecule has 5 nitrogen and oxygen atoms in total. The van der Waals surface area contributed by atoms with E-state index < -0.39 is 0 Å². The van der Waals surface area contributed by atoms with E-state index in [9.17, 15) is 0 Å². The fourth-order valence-electron chi connectivity index (χ4n) is 3.06. The van der Waals surface area contributed by atoms with Crippen LogP contribution in [0.4, 0.5) is 0 Å². The summed E-state index contributed by atoms with van der Waals surface area (Å²) in [6.45, 7) is 6.13. The second-order valence-corrected chi connectivity index (χ2v) is 5.48. The van der Waals surface area contributed by atoms with E-state index in [0.29, 0.717) is 18.6 Å². The van der Waals surface area contributed by atoms with Crippen LogP contribution in [0.1, 0.15) is 44.1 Å². The lowest BCUT2D eigenvalue weighted by Gasteiger charge is -2.26. The van der Waals surface area contributed by atoms with Gasteiger partial charge in [-0.25, -0.2) is 0 Å². The highest BCUT2D eigenvalue weighted by atomic mass is 15.3. The Morgan fingerprint density at radius 3 is 3.00 bits per heavy atom. The Kier molecular flexibility index (Phi) is 3.24. The van der Waals surface area contributed by atoms with Crippen LogP contribution in [-0.2, 0) is 6.54 Å². The molecule has 1 unspecified atom stereocenters. The van der Waals surface area contributed by atoms with Crippen molar-refractivity contribution in [3.05, 3.63) is 29.7 Å². The first-order valence-electron chi connectivity index (χ1n) is 7.00. The van der Waals surface area contributed by atoms with Crippen molar-refractivity contribution < 1.29 is 0 Å². The molecule has 3 rings (SSSR count). The number of aromatic nitrogens is 3. The molecule has 0 spiro atoms. The summed E-state index contributed by atoms with van der Waals surface area (Å²) < 4.78 is 2.10. The lowest BCUT2D eigenvalue weighted by atomic mass is 10.2. The molecule has 3 heterocycles. The summed E-state index contributed by atoms with van der Waals surface area (Å²) in [6, 6.07) is 4.96. The van der Waals surface area contributed by atoms with Gasteiger partial charge in [0.2, 0.25) is 0 Å². The summed E-state index contributed by atoms with van der Waals surface area (Å²) in [5.41, 5.74) is 7.71. The summed E-state index contributed by atoms with van der Waals surface area (Å²) in [7, 11) is 0. The van der Waals surface area contributed by atoms with Crippen LogP contribution in [0.15, 0.2) is 18.3 Å². The average Bonchev–Trinajstić information content (AvgIpc) is 3.03. The normalized spacial score (nSPS) is 20.7. The zero-order chi connectivity index (χ0) is 13.4. The molecule has 102 valence electrons. The highest BCUT2D eigenvalue weighted by Crippen LogP contribution is 2.32. The molecule has 2 aromatic heterocycles. The van der Waals surface area contributed by atoms with Gasteiger partial charge in [0.05, 0.1) is 6.04 Å². The smallest absolute Gasteiger partial charge is 0.165 e. The minimum absolute atomic E-state index is 0.378. The van der Waals surface area contributed by atoms with Gasteiger partial charge in [0.1, 0.15) is 0 Å². The van der Waals surface area contributed by atoms with Crippen molar-refractivity contribution in [2.75, 3.05) is 6.54 Å². The molecule has 1 fully saturated rings. The molecule has 1 aliphatic rings. The molecule has 0 aliphatic carbocycles. The molecule has 2 N–H and O–H groups in total. The maximum atomic E-state index is 5.76. The number of nitrogens with two attached hydrogens (primary N) is 1. The van der Waals surface area contributed by atoms with E-state index >= 15 is 0 Å². The monoisotopic (exact) mass is 259 g/mol. The summed E-state index contributed by atoms with van der Waals surface area (Å²) in [5, 5.41) is 8.77. The van der Waals surface area contributed by atoms with Gasteiger partial charge in [-0.15, -0.1) is 10.2 Å². The highest BCUT2D eigenvalue weighted by Gasteiger charge is 2.31. The van der Waals surface area contributed by atoms with Crippen molar-refractivity contribution in [2.24, 2.45) is 5.73 Å². The van der Waals surface area contributed by atoms with Gasteiger partial charge < -0.3 is 5.73 Å². The van der Waals surface area contributed by atoms with Gasteiger partial charge in [-0.3, -0.25) is 9.30 Å². The molecule has 19 heavy (non-hydrogen) atoms. The topological polar surface area (TPSA) is 59.5 Å². The Hall–Kier alpha value is -1.46. The maximum absolute atomic E-state index is 5.76. The molecule has 0 saturated carbocycles. The van der Waals surface area contributed by atoms with Crippen LogP contribution in [0.5, 0.6) is 0 Å². The van der Waals surface area contributed by atoms with Crippen molar-refractivity contribution in [1.82, 2.24) is 19.5 Å². The molecule has 1 saturated heterocycles. The van der Waals surface area contributed by atoms with Crippen LogP contribution >= 0.6 is 0 Å². The van der Waals surface area contributed by atoms with Gasteiger partial charge >= 0.3 is 0 Å². The minimum atomic E-state index is 0.378. The van der Waals surface area contributed by atoms with E-state index in [0.717, 1.165) is 30.0 Å². The molecular formula is C14H21N5. The lowest BCUT2D eigenvalue weighted by molar-refractivity contribution is 0.197. The molecule has 1 aliphatic heterocycles. The van der Waals surface area contributed by atoms with Crippen LogP contribution in [0.3, 0.4) is 0 Å². The third-order valence-electron chi connectivity index (χ3n) is 4.02. The van der Waals surface area contributed by atoms with E-state index in [2.05, 4.69) is 33.3 Å². The van der Waals surface area contributed by atoms with Crippen molar-refractivity contribution >= 4 is 5.65 Å². The third kappa shape index (κ3) is 2.03. The number of hydrogen-bond donors (Lipinski definition) is 1. The predicted octanol–water partition coefficient (Wildman–Crippen LogP) is 1.73. The Balaban J connectivity index is 2.06. The Morgan fingerprint density at radius 1 is 1.42 bits per heavy atom. The molecule has 0 amide bonds. The second-order valence-electron chi connectivity index (χ2n) is 5.48. The van der Waals surface area contributed by atoms with E-state index in [1.807, 2.05) is 18.3 Å². The number of likely N-dealkylation sites (tertiary alicyclic amines) is 1. The third-order valence-corrected chi connectivity index (χ3v) is 4.02. The van der Waals surface area contributed by atoms with Gasteiger partial charge in [-0.1, -0.05) is 6.07 Å². The van der Waals surface area contributed by atoms with Crippen LogP contribution in [-0.4, -0.2) is 32.1 Å². The van der Waals surface area contributed by atoms with Crippen molar-refractivity contribution in [3.63, 3.8) is 0 Å². The van der Waals surface area contributed by atoms with Crippen LogP contribution in [0.2, 0.25) is 0 Å². The van der Waals surface area contributed by atoms with Gasteiger partial charge in [0.25, 0.3) is 0 Å². The molecule has 0 radical (unpaired) electrons. The van der Waals surface area contributed by atoms with Gasteiger partial charge in [0, 0.05) is 24.3 Å². The summed E-state index contributed by atoms with van der Waals surface area (Å²) in [4.78, 5) is 2.51. The fraction of sp³-hybridized carbons (Fsp3) is 0.571. The zero-order valence-electron chi connectivity index (χ0n) is 11.6. The van der Waals surface area contributed by atoms with Crippen LogP contribution in [0, 0.1) is 0 Å². The number of pyridine rings is 1. The van der Waals surface area contributed by atoms with Gasteiger partial charge in [0.15, 0.2) is 11.5 Å². The number of nitrogens with zero attached hydrogens (tertiary/aromatic N) is 4.